The highest BCUT2D eigenvalue weighted by Crippen LogP contribution is 2.26. The lowest BCUT2D eigenvalue weighted by Crippen LogP contribution is -2.56. The molecule has 2 aromatic carbocycles. The summed E-state index contributed by atoms with van der Waals surface area (Å²) in [5, 5.41) is 18.1. The number of rotatable bonds is 18. The lowest BCUT2D eigenvalue weighted by atomic mass is 9.94. The van der Waals surface area contributed by atoms with Crippen LogP contribution in [0.4, 0.5) is 4.39 Å². The first-order valence-corrected chi connectivity index (χ1v) is 18.9. The molecule has 4 N–H and O–H groups in total. The molecule has 4 rings (SSSR count). The molecular weight excluding hydrogens is 665 g/mol. The number of aliphatic hydroxyl groups is 1. The number of benzene rings is 2. The maximum absolute atomic E-state index is 14.2. The Labute approximate surface area is 308 Å². The Morgan fingerprint density at radius 2 is 1.44 bits per heavy atom. The van der Waals surface area contributed by atoms with Crippen molar-refractivity contribution in [2.24, 2.45) is 17.8 Å². The number of aliphatic hydroxyl groups excluding tert-OH is 1. The molecule has 2 fully saturated rings. The lowest BCUT2D eigenvalue weighted by Gasteiger charge is -2.32. The number of hydrogen-bond donors (Lipinski definition) is 4. The molecule has 2 saturated heterocycles. The molecule has 286 valence electrons. The molecule has 52 heavy (non-hydrogen) atoms. The van der Waals surface area contributed by atoms with Gasteiger partial charge in [0.2, 0.25) is 23.6 Å². The number of likely N-dealkylation sites (tertiary alicyclic amines) is 2. The van der Waals surface area contributed by atoms with E-state index in [1.165, 1.54) is 12.1 Å². The standard InChI is InChI=1S/C40H58FN5O6/c1-27(2)23-34(42-36(48)25-45-20-16-29(17-21-45)18-22-47)38(49)43-35(24-28(3)4)39(50)44-37(30-9-6-5-7-10-30)40(51)46-19-8-11-32(46)26-52-33-14-12-31(41)13-15-33/h5-7,9-10,12-15,27-29,32,34-35,37,47H,8,11,16-26H2,1-4H3,(H,42,48)(H,43,49)(H,44,50)/t32-,34-,35-,37-/m0/s1. The van der Waals surface area contributed by atoms with Crippen LogP contribution < -0.4 is 20.7 Å². The van der Waals surface area contributed by atoms with Gasteiger partial charge >= 0.3 is 0 Å². The maximum Gasteiger partial charge on any atom is 0.250 e. The van der Waals surface area contributed by atoms with Crippen LogP contribution in [0.3, 0.4) is 0 Å². The van der Waals surface area contributed by atoms with Gasteiger partial charge in [-0.25, -0.2) is 4.39 Å². The summed E-state index contributed by atoms with van der Waals surface area (Å²) in [5.74, 6) is -0.694. The maximum atomic E-state index is 14.2. The Bertz CT molecular complexity index is 1430. The molecular formula is C40H58FN5O6. The van der Waals surface area contributed by atoms with Gasteiger partial charge in [-0.1, -0.05) is 58.0 Å². The zero-order valence-corrected chi connectivity index (χ0v) is 31.2. The molecule has 2 aliphatic rings. The first-order chi connectivity index (χ1) is 24.9. The molecule has 4 amide bonds. The van der Waals surface area contributed by atoms with E-state index in [1.807, 2.05) is 45.9 Å². The summed E-state index contributed by atoms with van der Waals surface area (Å²) in [7, 11) is 0. The normalized spacial score (nSPS) is 18.5. The molecule has 11 nitrogen and oxygen atoms in total. The van der Waals surface area contributed by atoms with Crippen LogP contribution in [0.5, 0.6) is 5.75 Å². The van der Waals surface area contributed by atoms with Crippen molar-refractivity contribution in [3.63, 3.8) is 0 Å². The minimum absolute atomic E-state index is 0.0420. The number of halogens is 1. The van der Waals surface area contributed by atoms with Crippen LogP contribution in [0.25, 0.3) is 0 Å². The minimum Gasteiger partial charge on any atom is -0.491 e. The summed E-state index contributed by atoms with van der Waals surface area (Å²) >= 11 is 0. The topological polar surface area (TPSA) is 140 Å². The summed E-state index contributed by atoms with van der Waals surface area (Å²) in [4.78, 5) is 59.1. The molecule has 0 unspecified atom stereocenters. The Morgan fingerprint density at radius 1 is 0.827 bits per heavy atom. The van der Waals surface area contributed by atoms with Crippen molar-refractivity contribution in [2.75, 3.05) is 39.4 Å². The lowest BCUT2D eigenvalue weighted by molar-refractivity contribution is -0.139. The second kappa shape index (κ2) is 20.3. The van der Waals surface area contributed by atoms with E-state index in [1.54, 1.807) is 29.2 Å². The van der Waals surface area contributed by atoms with Crippen LogP contribution >= 0.6 is 0 Å². The van der Waals surface area contributed by atoms with E-state index in [2.05, 4.69) is 20.9 Å². The molecule has 4 atom stereocenters. The van der Waals surface area contributed by atoms with Crippen molar-refractivity contribution < 1.29 is 33.4 Å². The molecule has 12 heteroatoms. The fraction of sp³-hybridized carbons (Fsp3) is 0.600. The van der Waals surface area contributed by atoms with Gasteiger partial charge in [0.25, 0.3) is 0 Å². The van der Waals surface area contributed by atoms with E-state index >= 15 is 0 Å². The average molecular weight is 724 g/mol. The van der Waals surface area contributed by atoms with Gasteiger partial charge in [-0.3, -0.25) is 24.1 Å². The van der Waals surface area contributed by atoms with Crippen LogP contribution in [0.1, 0.15) is 84.2 Å². The average Bonchev–Trinajstić information content (AvgIpc) is 3.59. The number of carbonyl (C=O) groups excluding carboxylic acids is 4. The molecule has 0 bridgehead atoms. The van der Waals surface area contributed by atoms with Crippen molar-refractivity contribution in [3.05, 3.63) is 66.0 Å². The fourth-order valence-corrected chi connectivity index (χ4v) is 7.10. The molecule has 2 aromatic rings. The van der Waals surface area contributed by atoms with Crippen molar-refractivity contribution in [2.45, 2.75) is 96.8 Å². The number of ether oxygens (including phenoxy) is 1. The summed E-state index contributed by atoms with van der Waals surface area (Å²) in [6, 6.07) is 11.8. The van der Waals surface area contributed by atoms with Gasteiger partial charge in [0.15, 0.2) is 0 Å². The predicted molar refractivity (Wildman–Crippen MR) is 198 cm³/mol. The summed E-state index contributed by atoms with van der Waals surface area (Å²) in [6.07, 6.45) is 4.84. The minimum atomic E-state index is -1.00. The number of carbonyl (C=O) groups is 4. The zero-order chi connectivity index (χ0) is 37.6. The van der Waals surface area contributed by atoms with Crippen molar-refractivity contribution in [1.29, 1.82) is 0 Å². The SMILES string of the molecule is CC(C)C[C@H](NC(=O)CN1CCC(CCO)CC1)C(=O)N[C@@H](CC(C)C)C(=O)N[C@H](C(=O)N1CCC[C@H]1COc1ccc(F)cc1)c1ccccc1. The van der Waals surface area contributed by atoms with E-state index in [-0.39, 0.29) is 55.3 Å². The first kappa shape index (κ1) is 40.7. The van der Waals surface area contributed by atoms with Crippen molar-refractivity contribution in [1.82, 2.24) is 25.8 Å². The monoisotopic (exact) mass is 723 g/mol. The predicted octanol–water partition coefficient (Wildman–Crippen LogP) is 4.21. The molecule has 0 radical (unpaired) electrons. The van der Waals surface area contributed by atoms with Gasteiger partial charge in [0, 0.05) is 13.2 Å². The zero-order valence-electron chi connectivity index (χ0n) is 31.2. The van der Waals surface area contributed by atoms with E-state index in [0.29, 0.717) is 36.6 Å². The Hall–Kier alpha value is -4.03. The fourth-order valence-electron chi connectivity index (χ4n) is 7.10. The van der Waals surface area contributed by atoms with Gasteiger partial charge in [0.1, 0.15) is 36.3 Å². The van der Waals surface area contributed by atoms with Gasteiger partial charge in [-0.15, -0.1) is 0 Å². The van der Waals surface area contributed by atoms with Crippen LogP contribution in [0, 0.1) is 23.6 Å². The Morgan fingerprint density at radius 3 is 2.06 bits per heavy atom. The van der Waals surface area contributed by atoms with E-state index in [4.69, 9.17) is 4.74 Å². The third kappa shape index (κ3) is 12.6. The number of nitrogens with one attached hydrogen (secondary N) is 3. The van der Waals surface area contributed by atoms with Gasteiger partial charge in [-0.2, -0.15) is 0 Å². The smallest absolute Gasteiger partial charge is 0.250 e. The van der Waals surface area contributed by atoms with Crippen LogP contribution in [0.2, 0.25) is 0 Å². The van der Waals surface area contributed by atoms with Gasteiger partial charge in [-0.05, 0) is 106 Å². The summed E-state index contributed by atoms with van der Waals surface area (Å²) in [5.41, 5.74) is 0.617. The summed E-state index contributed by atoms with van der Waals surface area (Å²) < 4.78 is 19.3. The van der Waals surface area contributed by atoms with Crippen molar-refractivity contribution >= 4 is 23.6 Å². The first-order valence-electron chi connectivity index (χ1n) is 18.9. The third-order valence-corrected chi connectivity index (χ3v) is 9.89. The second-order valence-corrected chi connectivity index (χ2v) is 15.1. The van der Waals surface area contributed by atoms with Crippen LogP contribution in [-0.4, -0.2) is 96.1 Å². The highest BCUT2D eigenvalue weighted by Gasteiger charge is 2.37. The quantitative estimate of drug-likeness (QED) is 0.181. The molecule has 0 spiro atoms. The number of piperidine rings is 1. The molecule has 2 aliphatic heterocycles. The molecule has 0 aliphatic carbocycles. The Kier molecular flexibility index (Phi) is 15.9. The van der Waals surface area contributed by atoms with E-state index in [9.17, 15) is 28.7 Å². The third-order valence-electron chi connectivity index (χ3n) is 9.89. The Balaban J connectivity index is 1.44. The second-order valence-electron chi connectivity index (χ2n) is 15.1. The molecule has 0 saturated carbocycles. The summed E-state index contributed by atoms with van der Waals surface area (Å²) in [6.45, 7) is 10.5. The van der Waals surface area contributed by atoms with E-state index < -0.39 is 29.9 Å². The molecule has 0 aromatic heterocycles. The van der Waals surface area contributed by atoms with Gasteiger partial charge in [0.05, 0.1) is 12.6 Å². The van der Waals surface area contributed by atoms with Crippen LogP contribution in [0.15, 0.2) is 54.6 Å². The number of nitrogens with zero attached hydrogens (tertiary/aromatic N) is 2. The molecule has 2 heterocycles. The van der Waals surface area contributed by atoms with Gasteiger partial charge < -0.3 is 30.7 Å². The largest absolute Gasteiger partial charge is 0.491 e. The highest BCUT2D eigenvalue weighted by molar-refractivity contribution is 5.95. The van der Waals surface area contributed by atoms with Crippen LogP contribution in [-0.2, 0) is 19.2 Å². The highest BCUT2D eigenvalue weighted by atomic mass is 19.1. The number of hydrogen-bond acceptors (Lipinski definition) is 7. The van der Waals surface area contributed by atoms with E-state index in [0.717, 1.165) is 45.2 Å². The van der Waals surface area contributed by atoms with Crippen molar-refractivity contribution in [3.8, 4) is 5.75 Å². The number of amides is 4.